The van der Waals surface area contributed by atoms with Crippen molar-refractivity contribution >= 4 is 8.69 Å². The van der Waals surface area contributed by atoms with Crippen LogP contribution in [0.15, 0.2) is 0 Å². The minimum Gasteiger partial charge on any atom is -0.292 e. The first kappa shape index (κ1) is 10.5. The Bertz CT molecular complexity index is 48.2. The van der Waals surface area contributed by atoms with Gasteiger partial charge in [0.2, 0.25) is 0 Å². The normalized spacial score (nSPS) is 9.00. The molecule has 2 nitrogen and oxygen atoms in total. The number of hydrogen-bond donors (Lipinski definition) is 0. The molecule has 0 heterocycles. The Hall–Kier alpha value is 0.579. The van der Waals surface area contributed by atoms with Crippen molar-refractivity contribution in [3.8, 4) is 0 Å². The summed E-state index contributed by atoms with van der Waals surface area (Å²) in [6.07, 6.45) is 0.0733. The molecule has 0 bridgehead atoms. The predicted molar refractivity (Wildman–Crippen MR) is 23.8 cm³/mol. The molecule has 4 heteroatoms. The van der Waals surface area contributed by atoms with Crippen LogP contribution >= 0.6 is 8.69 Å². The molecule has 0 saturated heterocycles. The summed E-state index contributed by atoms with van der Waals surface area (Å²) in [6.45, 7) is 3.65. The van der Waals surface area contributed by atoms with E-state index in [2.05, 4.69) is 4.52 Å². The molecule has 0 aliphatic carbocycles. The predicted octanol–water partition coefficient (Wildman–Crippen LogP) is 1.62. The largest absolute Gasteiger partial charge is 0.327 e. The Morgan fingerprint density at radius 2 is 2.00 bits per heavy atom. The van der Waals surface area contributed by atoms with Crippen LogP contribution in [0.3, 0.4) is 0 Å². The Labute approximate surface area is 55.4 Å². The van der Waals surface area contributed by atoms with Gasteiger partial charge in [0.15, 0.2) is 0 Å². The molecule has 7 heavy (non-hydrogen) atoms. The molecule has 0 aliphatic rings. The molecular weight excluding hydrogens is 155 g/mol. The monoisotopic (exact) mass is 162 g/mol. The fourth-order valence-electron chi connectivity index (χ4n) is 0.0861. The Balaban J connectivity index is 0. The fraction of sp³-hybridized carbons (Fsp3) is 1.00. The van der Waals surface area contributed by atoms with E-state index in [4.69, 9.17) is 0 Å². The van der Waals surface area contributed by atoms with Gasteiger partial charge in [-0.2, -0.15) is 0 Å². The summed E-state index contributed by atoms with van der Waals surface area (Å²) in [5.41, 5.74) is 0. The van der Waals surface area contributed by atoms with Crippen LogP contribution in [0.2, 0.25) is 0 Å². The van der Waals surface area contributed by atoms with Crippen LogP contribution in [0, 0.1) is 0 Å². The van der Waals surface area contributed by atoms with Crippen molar-refractivity contribution in [2.24, 2.45) is 0 Å². The van der Waals surface area contributed by atoms with Crippen molar-refractivity contribution in [3.63, 3.8) is 0 Å². The average Bonchev–Trinajstić information content (AvgIpc) is 1.35. The summed E-state index contributed by atoms with van der Waals surface area (Å²) in [4.78, 5) is 0. The van der Waals surface area contributed by atoms with Gasteiger partial charge in [-0.1, -0.05) is 0 Å². The summed E-state index contributed by atoms with van der Waals surface area (Å²) in [5, 5.41) is 0. The zero-order chi connectivity index (χ0) is 4.99. The molecule has 0 amide bonds. The quantitative estimate of drug-likeness (QED) is 0.455. The topological polar surface area (TPSA) is 26.3 Å². The van der Waals surface area contributed by atoms with Gasteiger partial charge >= 0.3 is 8.69 Å². The Kier molecular flexibility index (Phi) is 9.91. The summed E-state index contributed by atoms with van der Waals surface area (Å²) in [6, 6.07) is 0. The van der Waals surface area contributed by atoms with E-state index in [-0.39, 0.29) is 31.9 Å². The molecule has 0 radical (unpaired) electrons. The maximum atomic E-state index is 9.49. The molecule has 0 atom stereocenters. The van der Waals surface area contributed by atoms with E-state index in [0.717, 1.165) is 0 Å². The van der Waals surface area contributed by atoms with Crippen molar-refractivity contribution in [3.05, 3.63) is 0 Å². The molecule has 0 fully saturated rings. The first-order valence-electron chi connectivity index (χ1n) is 1.76. The molecule has 0 rings (SSSR count). The number of rotatable bonds is 2. The van der Waals surface area contributed by atoms with Gasteiger partial charge in [0, 0.05) is 17.1 Å². The van der Waals surface area contributed by atoms with Gasteiger partial charge in [0.05, 0.1) is 6.10 Å². The molecule has 0 saturated carbocycles. The van der Waals surface area contributed by atoms with Crippen LogP contribution in [0.1, 0.15) is 13.8 Å². The zero-order valence-corrected chi connectivity index (χ0v) is 6.19. The molecule has 0 aromatic rings. The molecule has 0 aromatic carbocycles. The smallest absolute Gasteiger partial charge is 0.292 e. The van der Waals surface area contributed by atoms with Crippen LogP contribution in [0.25, 0.3) is 0 Å². The van der Waals surface area contributed by atoms with E-state index in [9.17, 15) is 4.57 Å². The van der Waals surface area contributed by atoms with Crippen LogP contribution in [-0.4, -0.2) is 6.10 Å². The first-order chi connectivity index (χ1) is 2.77. The van der Waals surface area contributed by atoms with E-state index in [1.165, 1.54) is 0 Å². The molecular formula is C3H7FeO2P. The van der Waals surface area contributed by atoms with Crippen LogP contribution < -0.4 is 0 Å². The van der Waals surface area contributed by atoms with E-state index in [1.807, 2.05) is 13.8 Å². The van der Waals surface area contributed by atoms with Crippen molar-refractivity contribution in [1.29, 1.82) is 0 Å². The van der Waals surface area contributed by atoms with Crippen molar-refractivity contribution in [2.45, 2.75) is 20.0 Å². The van der Waals surface area contributed by atoms with Crippen LogP contribution in [0.4, 0.5) is 0 Å². The second-order valence-electron chi connectivity index (χ2n) is 1.23. The summed E-state index contributed by atoms with van der Waals surface area (Å²) < 4.78 is 13.9. The van der Waals surface area contributed by atoms with E-state index in [0.29, 0.717) is 0 Å². The standard InChI is InChI=1S/C3H7O2P.Fe/c1-3(2)5-6-4;/h3H,1-2H3;. The molecule has 0 unspecified atom stereocenters. The number of hydrogen-bond acceptors (Lipinski definition) is 2. The van der Waals surface area contributed by atoms with E-state index < -0.39 is 0 Å². The van der Waals surface area contributed by atoms with Gasteiger partial charge in [-0.25, -0.2) is 4.57 Å². The van der Waals surface area contributed by atoms with Crippen molar-refractivity contribution < 1.29 is 26.2 Å². The van der Waals surface area contributed by atoms with Crippen molar-refractivity contribution in [2.75, 3.05) is 0 Å². The third-order valence-corrected chi connectivity index (χ3v) is 0.762. The average molecular weight is 162 g/mol. The summed E-state index contributed by atoms with van der Waals surface area (Å²) in [5.74, 6) is 0. The van der Waals surface area contributed by atoms with Gasteiger partial charge in [-0.05, 0) is 13.8 Å². The van der Waals surface area contributed by atoms with E-state index >= 15 is 0 Å². The minimum absolute atomic E-state index is 0. The van der Waals surface area contributed by atoms with Gasteiger partial charge < -0.3 is 0 Å². The van der Waals surface area contributed by atoms with Gasteiger partial charge in [-0.3, -0.25) is 4.52 Å². The minimum atomic E-state index is -0.226. The maximum Gasteiger partial charge on any atom is 0.327 e. The van der Waals surface area contributed by atoms with Crippen molar-refractivity contribution in [1.82, 2.24) is 0 Å². The van der Waals surface area contributed by atoms with Crippen LogP contribution in [0.5, 0.6) is 0 Å². The van der Waals surface area contributed by atoms with Gasteiger partial charge in [-0.15, -0.1) is 0 Å². The Morgan fingerprint density at radius 3 is 2.00 bits per heavy atom. The second-order valence-corrected chi connectivity index (χ2v) is 1.59. The van der Waals surface area contributed by atoms with E-state index in [1.54, 1.807) is 0 Å². The maximum absolute atomic E-state index is 9.49. The molecule has 0 spiro atoms. The zero-order valence-electron chi connectivity index (χ0n) is 4.19. The molecule has 0 N–H and O–H groups in total. The molecule has 0 aliphatic heterocycles. The SMILES string of the molecule is CC(C)OP=O.[Fe]. The summed E-state index contributed by atoms with van der Waals surface area (Å²) in [7, 11) is -0.226. The third-order valence-electron chi connectivity index (χ3n) is 0.254. The van der Waals surface area contributed by atoms with Gasteiger partial charge in [0.25, 0.3) is 0 Å². The molecule has 44 valence electrons. The molecule has 0 aromatic heterocycles. The second kappa shape index (κ2) is 6.58. The Morgan fingerprint density at radius 1 is 1.57 bits per heavy atom. The van der Waals surface area contributed by atoms with Gasteiger partial charge in [0.1, 0.15) is 0 Å². The van der Waals surface area contributed by atoms with Crippen LogP contribution in [-0.2, 0) is 26.2 Å². The summed E-state index contributed by atoms with van der Waals surface area (Å²) >= 11 is 0. The third kappa shape index (κ3) is 10.8. The first-order valence-corrected chi connectivity index (χ1v) is 2.49. The fourth-order valence-corrected chi connectivity index (χ4v) is 0.258.